The first-order valence-electron chi connectivity index (χ1n) is 7.65. The van der Waals surface area contributed by atoms with Gasteiger partial charge in [-0.3, -0.25) is 4.79 Å². The SMILES string of the molecule is CCOC(=O)CC(Cc1ccc(C(C)C)cc1)NCCO. The molecule has 0 saturated carbocycles. The molecule has 4 nitrogen and oxygen atoms in total. The largest absolute Gasteiger partial charge is 0.466 e. The van der Waals surface area contributed by atoms with Crippen LogP contribution in [0.2, 0.25) is 0 Å². The van der Waals surface area contributed by atoms with Crippen LogP contribution in [0.25, 0.3) is 0 Å². The quantitative estimate of drug-likeness (QED) is 0.686. The minimum atomic E-state index is -0.202. The molecule has 0 aliphatic carbocycles. The second-order valence-electron chi connectivity index (χ2n) is 5.48. The van der Waals surface area contributed by atoms with E-state index in [1.165, 1.54) is 11.1 Å². The Labute approximate surface area is 127 Å². The minimum absolute atomic E-state index is 0.0129. The Balaban J connectivity index is 2.63. The molecular weight excluding hydrogens is 266 g/mol. The third kappa shape index (κ3) is 6.74. The molecule has 0 fully saturated rings. The molecule has 0 radical (unpaired) electrons. The van der Waals surface area contributed by atoms with E-state index in [4.69, 9.17) is 9.84 Å². The highest BCUT2D eigenvalue weighted by Crippen LogP contribution is 2.16. The Kier molecular flexibility index (Phi) is 8.01. The van der Waals surface area contributed by atoms with Crippen molar-refractivity contribution in [2.24, 2.45) is 0 Å². The Morgan fingerprint density at radius 1 is 1.29 bits per heavy atom. The molecule has 0 aromatic heterocycles. The Bertz CT molecular complexity index is 415. The van der Waals surface area contributed by atoms with Crippen LogP contribution in [0.5, 0.6) is 0 Å². The molecule has 118 valence electrons. The summed E-state index contributed by atoms with van der Waals surface area (Å²) in [6, 6.07) is 8.46. The molecule has 0 aliphatic rings. The highest BCUT2D eigenvalue weighted by Gasteiger charge is 2.15. The number of hydrogen-bond acceptors (Lipinski definition) is 4. The topological polar surface area (TPSA) is 58.6 Å². The van der Waals surface area contributed by atoms with Crippen molar-refractivity contribution in [1.82, 2.24) is 5.32 Å². The van der Waals surface area contributed by atoms with Gasteiger partial charge in [0.05, 0.1) is 19.6 Å². The second-order valence-corrected chi connectivity index (χ2v) is 5.48. The van der Waals surface area contributed by atoms with Crippen molar-refractivity contribution in [1.29, 1.82) is 0 Å². The van der Waals surface area contributed by atoms with Crippen LogP contribution in [-0.2, 0) is 16.0 Å². The van der Waals surface area contributed by atoms with E-state index in [1.807, 2.05) is 0 Å². The number of nitrogens with one attached hydrogen (secondary N) is 1. The molecule has 1 aromatic carbocycles. The summed E-state index contributed by atoms with van der Waals surface area (Å²) < 4.78 is 5.00. The minimum Gasteiger partial charge on any atom is -0.466 e. The van der Waals surface area contributed by atoms with E-state index in [0.29, 0.717) is 25.5 Å². The van der Waals surface area contributed by atoms with Crippen LogP contribution in [0.4, 0.5) is 0 Å². The lowest BCUT2D eigenvalue weighted by Crippen LogP contribution is -2.35. The molecule has 1 unspecified atom stereocenters. The van der Waals surface area contributed by atoms with Crippen molar-refractivity contribution in [3.63, 3.8) is 0 Å². The Morgan fingerprint density at radius 3 is 2.48 bits per heavy atom. The summed E-state index contributed by atoms with van der Waals surface area (Å²) in [6.45, 7) is 7.08. The number of aliphatic hydroxyl groups excluding tert-OH is 1. The first-order valence-corrected chi connectivity index (χ1v) is 7.65. The van der Waals surface area contributed by atoms with Crippen LogP contribution in [0, 0.1) is 0 Å². The molecule has 21 heavy (non-hydrogen) atoms. The lowest BCUT2D eigenvalue weighted by atomic mass is 9.98. The molecule has 0 aliphatic heterocycles. The van der Waals surface area contributed by atoms with E-state index < -0.39 is 0 Å². The fourth-order valence-electron chi connectivity index (χ4n) is 2.23. The van der Waals surface area contributed by atoms with E-state index in [1.54, 1.807) is 6.92 Å². The monoisotopic (exact) mass is 293 g/mol. The zero-order chi connectivity index (χ0) is 15.7. The van der Waals surface area contributed by atoms with Crippen LogP contribution in [-0.4, -0.2) is 36.9 Å². The fourth-order valence-corrected chi connectivity index (χ4v) is 2.23. The van der Waals surface area contributed by atoms with Gasteiger partial charge in [-0.15, -0.1) is 0 Å². The first kappa shape index (κ1) is 17.7. The summed E-state index contributed by atoms with van der Waals surface area (Å²) in [7, 11) is 0. The number of esters is 1. The third-order valence-corrected chi connectivity index (χ3v) is 3.39. The lowest BCUT2D eigenvalue weighted by molar-refractivity contribution is -0.143. The van der Waals surface area contributed by atoms with Crippen molar-refractivity contribution < 1.29 is 14.6 Å². The highest BCUT2D eigenvalue weighted by molar-refractivity contribution is 5.70. The van der Waals surface area contributed by atoms with Gasteiger partial charge in [0.2, 0.25) is 0 Å². The van der Waals surface area contributed by atoms with Gasteiger partial charge in [0.1, 0.15) is 0 Å². The first-order chi connectivity index (χ1) is 10.1. The zero-order valence-corrected chi connectivity index (χ0v) is 13.3. The van der Waals surface area contributed by atoms with Crippen molar-refractivity contribution in [2.75, 3.05) is 19.8 Å². The third-order valence-electron chi connectivity index (χ3n) is 3.39. The van der Waals surface area contributed by atoms with Gasteiger partial charge in [0.25, 0.3) is 0 Å². The van der Waals surface area contributed by atoms with E-state index in [2.05, 4.69) is 43.4 Å². The Morgan fingerprint density at radius 2 is 1.95 bits per heavy atom. The van der Waals surface area contributed by atoms with Crippen molar-refractivity contribution >= 4 is 5.97 Å². The van der Waals surface area contributed by atoms with Gasteiger partial charge in [-0.25, -0.2) is 0 Å². The summed E-state index contributed by atoms with van der Waals surface area (Å²) in [5, 5.41) is 12.1. The van der Waals surface area contributed by atoms with Gasteiger partial charge in [-0.2, -0.15) is 0 Å². The van der Waals surface area contributed by atoms with E-state index in [9.17, 15) is 4.79 Å². The van der Waals surface area contributed by atoms with E-state index in [-0.39, 0.29) is 18.6 Å². The smallest absolute Gasteiger partial charge is 0.307 e. The summed E-state index contributed by atoms with van der Waals surface area (Å²) in [6.07, 6.45) is 1.07. The Hall–Kier alpha value is -1.39. The molecule has 0 heterocycles. The summed E-state index contributed by atoms with van der Waals surface area (Å²) in [5.41, 5.74) is 2.49. The average Bonchev–Trinajstić information content (AvgIpc) is 2.45. The predicted molar refractivity (Wildman–Crippen MR) is 84.4 cm³/mol. The highest BCUT2D eigenvalue weighted by atomic mass is 16.5. The maximum atomic E-state index is 11.6. The number of hydrogen-bond donors (Lipinski definition) is 2. The molecule has 0 spiro atoms. The molecule has 4 heteroatoms. The van der Waals surface area contributed by atoms with Gasteiger partial charge in [-0.05, 0) is 30.4 Å². The molecular formula is C17H27NO3. The molecule has 0 saturated heterocycles. The molecule has 0 amide bonds. The van der Waals surface area contributed by atoms with Gasteiger partial charge in [0, 0.05) is 12.6 Å². The lowest BCUT2D eigenvalue weighted by Gasteiger charge is -2.18. The van der Waals surface area contributed by atoms with Crippen LogP contribution in [0.3, 0.4) is 0 Å². The van der Waals surface area contributed by atoms with Gasteiger partial charge >= 0.3 is 5.97 Å². The number of benzene rings is 1. The molecule has 0 bridgehead atoms. The number of carbonyl (C=O) groups excluding carboxylic acids is 1. The zero-order valence-electron chi connectivity index (χ0n) is 13.3. The van der Waals surface area contributed by atoms with Gasteiger partial charge in [-0.1, -0.05) is 38.1 Å². The van der Waals surface area contributed by atoms with Crippen molar-refractivity contribution in [3.05, 3.63) is 35.4 Å². The van der Waals surface area contributed by atoms with Crippen LogP contribution in [0.1, 0.15) is 44.2 Å². The number of aliphatic hydroxyl groups is 1. The van der Waals surface area contributed by atoms with E-state index >= 15 is 0 Å². The average molecular weight is 293 g/mol. The fraction of sp³-hybridized carbons (Fsp3) is 0.588. The standard InChI is InChI=1S/C17H27NO3/c1-4-21-17(20)12-16(18-9-10-19)11-14-5-7-15(8-6-14)13(2)3/h5-8,13,16,18-19H,4,9-12H2,1-3H3. The van der Waals surface area contributed by atoms with Crippen molar-refractivity contribution in [3.8, 4) is 0 Å². The van der Waals surface area contributed by atoms with Gasteiger partial charge < -0.3 is 15.2 Å². The number of ether oxygens (including phenoxy) is 1. The maximum absolute atomic E-state index is 11.6. The van der Waals surface area contributed by atoms with Crippen LogP contribution in [0.15, 0.2) is 24.3 Å². The van der Waals surface area contributed by atoms with Crippen LogP contribution < -0.4 is 5.32 Å². The summed E-state index contributed by atoms with van der Waals surface area (Å²) in [4.78, 5) is 11.6. The predicted octanol–water partition coefficient (Wildman–Crippen LogP) is 2.26. The van der Waals surface area contributed by atoms with Crippen LogP contribution >= 0.6 is 0 Å². The summed E-state index contributed by atoms with van der Waals surface area (Å²) in [5.74, 6) is 0.314. The van der Waals surface area contributed by atoms with Gasteiger partial charge in [0.15, 0.2) is 0 Å². The van der Waals surface area contributed by atoms with Crippen molar-refractivity contribution in [2.45, 2.75) is 45.6 Å². The van der Waals surface area contributed by atoms with E-state index in [0.717, 1.165) is 6.42 Å². The normalized spacial score (nSPS) is 12.4. The maximum Gasteiger partial charge on any atom is 0.307 e. The molecule has 1 aromatic rings. The molecule has 1 atom stereocenters. The number of rotatable bonds is 9. The number of carbonyl (C=O) groups is 1. The molecule has 1 rings (SSSR count). The summed E-state index contributed by atoms with van der Waals surface area (Å²) >= 11 is 0. The molecule has 2 N–H and O–H groups in total. The second kappa shape index (κ2) is 9.53.